The van der Waals surface area contributed by atoms with E-state index >= 15 is 0 Å². The molecule has 10 heteroatoms. The van der Waals surface area contributed by atoms with Gasteiger partial charge >= 0.3 is 6.18 Å². The second kappa shape index (κ2) is 7.47. The zero-order chi connectivity index (χ0) is 18.8. The Morgan fingerprint density at radius 1 is 1.44 bits per heavy atom. The summed E-state index contributed by atoms with van der Waals surface area (Å²) in [5.74, 6) is 0.0684. The summed E-state index contributed by atoms with van der Waals surface area (Å²) in [5, 5.41) is 10.4. The third-order valence-corrected chi connectivity index (χ3v) is 4.20. The third-order valence-electron chi connectivity index (χ3n) is 3.91. The molecule has 0 amide bonds. The predicted octanol–water partition coefficient (Wildman–Crippen LogP) is 4.24. The van der Waals surface area contributed by atoms with E-state index in [2.05, 4.69) is 25.4 Å². The maximum atomic E-state index is 13.0. The second-order valence-corrected chi connectivity index (χ2v) is 5.99. The summed E-state index contributed by atoms with van der Waals surface area (Å²) >= 11 is 6.29. The van der Waals surface area contributed by atoms with Crippen molar-refractivity contribution < 1.29 is 18.0 Å². The lowest BCUT2D eigenvalue weighted by Gasteiger charge is -2.23. The molecule has 0 saturated carbocycles. The van der Waals surface area contributed by atoms with Crippen molar-refractivity contribution >= 4 is 29.3 Å². The van der Waals surface area contributed by atoms with Gasteiger partial charge in [0.15, 0.2) is 5.65 Å². The van der Waals surface area contributed by atoms with E-state index in [1.165, 1.54) is 24.0 Å². The number of alkyl halides is 3. The number of rotatable bonds is 6. The first kappa shape index (κ1) is 19.3. The molecule has 2 heterocycles. The number of halogens is 4. The van der Waals surface area contributed by atoms with E-state index in [1.807, 2.05) is 13.8 Å². The van der Waals surface area contributed by atoms with Crippen LogP contribution in [0.15, 0.2) is 11.4 Å². The Kier molecular flexibility index (Phi) is 5.76. The molecule has 1 N–H and O–H groups in total. The van der Waals surface area contributed by atoms with Gasteiger partial charge in [0.2, 0.25) is 0 Å². The number of hydrogen-bond acceptors (Lipinski definition) is 5. The van der Waals surface area contributed by atoms with Crippen LogP contribution in [0.4, 0.5) is 19.0 Å². The Hall–Kier alpha value is -2.03. The molecule has 2 rings (SSSR count). The molecule has 0 bridgehead atoms. The largest absolute Gasteiger partial charge is 0.408 e. The van der Waals surface area contributed by atoms with E-state index in [1.54, 1.807) is 0 Å². The maximum Gasteiger partial charge on any atom is 0.408 e. The van der Waals surface area contributed by atoms with Crippen molar-refractivity contribution in [2.75, 3.05) is 12.4 Å². The molecular formula is C15H19ClF3N5O. The number of nitrogens with one attached hydrogen (secondary N) is 1. The molecule has 2 atom stereocenters. The van der Waals surface area contributed by atoms with Crippen molar-refractivity contribution in [3.05, 3.63) is 22.5 Å². The van der Waals surface area contributed by atoms with Gasteiger partial charge in [-0.25, -0.2) is 4.98 Å². The summed E-state index contributed by atoms with van der Waals surface area (Å²) in [6.45, 7) is 4.83. The van der Waals surface area contributed by atoms with Crippen LogP contribution in [0.2, 0.25) is 5.15 Å². The molecule has 0 aliphatic rings. The van der Waals surface area contributed by atoms with Crippen LogP contribution in [0.5, 0.6) is 0 Å². The molecule has 0 aliphatic carbocycles. The number of oxime groups is 1. The highest BCUT2D eigenvalue weighted by atomic mass is 35.5. The standard InChI is InChI=1S/C15H19ClF3N5O/c1-5-8(2)11-12(16)23-13-10(7-21-25-4)6-20-24(13)14(11)22-9(3)15(17,18)19/h6-9,22H,5H2,1-4H3. The Balaban J connectivity index is 2.68. The van der Waals surface area contributed by atoms with Gasteiger partial charge in [-0.05, 0) is 19.3 Å². The van der Waals surface area contributed by atoms with Crippen molar-refractivity contribution in [3.63, 3.8) is 0 Å². The highest BCUT2D eigenvalue weighted by Crippen LogP contribution is 2.35. The minimum atomic E-state index is -4.41. The van der Waals surface area contributed by atoms with Crippen molar-refractivity contribution in [1.29, 1.82) is 0 Å². The van der Waals surface area contributed by atoms with Gasteiger partial charge in [-0.15, -0.1) is 0 Å². The first-order valence-corrected chi connectivity index (χ1v) is 8.05. The van der Waals surface area contributed by atoms with Crippen LogP contribution in [-0.2, 0) is 4.84 Å². The van der Waals surface area contributed by atoms with Gasteiger partial charge in [-0.1, -0.05) is 30.6 Å². The molecule has 0 aliphatic heterocycles. The Bertz CT molecular complexity index is 775. The summed E-state index contributed by atoms with van der Waals surface area (Å²) in [5.41, 5.74) is 1.25. The Labute approximate surface area is 148 Å². The molecule has 2 aromatic heterocycles. The topological polar surface area (TPSA) is 63.8 Å². The lowest BCUT2D eigenvalue weighted by atomic mass is 10.0. The van der Waals surface area contributed by atoms with Gasteiger partial charge in [-0.2, -0.15) is 22.8 Å². The highest BCUT2D eigenvalue weighted by Gasteiger charge is 2.37. The van der Waals surface area contributed by atoms with Gasteiger partial charge in [-0.3, -0.25) is 0 Å². The van der Waals surface area contributed by atoms with Crippen LogP contribution in [0.3, 0.4) is 0 Å². The normalized spacial score (nSPS) is 14.9. The zero-order valence-corrected chi connectivity index (χ0v) is 15.0. The quantitative estimate of drug-likeness (QED) is 0.464. The summed E-state index contributed by atoms with van der Waals surface area (Å²) in [4.78, 5) is 8.91. The van der Waals surface area contributed by atoms with Crippen molar-refractivity contribution in [3.8, 4) is 0 Å². The summed E-state index contributed by atoms with van der Waals surface area (Å²) in [7, 11) is 1.38. The summed E-state index contributed by atoms with van der Waals surface area (Å²) in [6, 6.07) is -1.78. The lowest BCUT2D eigenvalue weighted by molar-refractivity contribution is -0.138. The first-order chi connectivity index (χ1) is 11.7. The number of aromatic nitrogens is 3. The number of hydrogen-bond donors (Lipinski definition) is 1. The van der Waals surface area contributed by atoms with Gasteiger partial charge in [0.05, 0.1) is 18.0 Å². The number of anilines is 1. The summed E-state index contributed by atoms with van der Waals surface area (Å²) < 4.78 is 40.4. The van der Waals surface area contributed by atoms with E-state index < -0.39 is 12.2 Å². The van der Waals surface area contributed by atoms with Crippen LogP contribution in [0.1, 0.15) is 44.2 Å². The molecule has 2 aromatic rings. The van der Waals surface area contributed by atoms with E-state index in [0.29, 0.717) is 17.5 Å². The number of fused-ring (bicyclic) bond motifs is 1. The van der Waals surface area contributed by atoms with E-state index in [4.69, 9.17) is 11.6 Å². The van der Waals surface area contributed by atoms with Crippen molar-refractivity contribution in [2.45, 2.75) is 45.3 Å². The van der Waals surface area contributed by atoms with Crippen LogP contribution >= 0.6 is 11.6 Å². The Morgan fingerprint density at radius 2 is 2.12 bits per heavy atom. The van der Waals surface area contributed by atoms with Crippen molar-refractivity contribution in [2.24, 2.45) is 5.16 Å². The van der Waals surface area contributed by atoms with Crippen LogP contribution in [0, 0.1) is 0 Å². The first-order valence-electron chi connectivity index (χ1n) is 7.67. The van der Waals surface area contributed by atoms with Crippen molar-refractivity contribution in [1.82, 2.24) is 14.6 Å². The molecule has 0 fully saturated rings. The minimum Gasteiger partial charge on any atom is -0.399 e. The highest BCUT2D eigenvalue weighted by molar-refractivity contribution is 6.30. The lowest BCUT2D eigenvalue weighted by Crippen LogP contribution is -2.34. The van der Waals surface area contributed by atoms with Gasteiger partial charge in [0.1, 0.15) is 24.1 Å². The molecule has 138 valence electrons. The maximum absolute atomic E-state index is 13.0. The van der Waals surface area contributed by atoms with Gasteiger partial charge in [0, 0.05) is 5.56 Å². The molecular weight excluding hydrogens is 359 g/mol. The smallest absolute Gasteiger partial charge is 0.399 e. The molecule has 0 radical (unpaired) electrons. The SMILES string of the molecule is CCC(C)c1c(Cl)nc2c(C=NOC)cnn2c1NC(C)C(F)(F)F. The monoisotopic (exact) mass is 377 g/mol. The number of nitrogens with zero attached hydrogens (tertiary/aromatic N) is 4. The fraction of sp³-hybridized carbons (Fsp3) is 0.533. The second-order valence-electron chi connectivity index (χ2n) is 5.63. The molecule has 25 heavy (non-hydrogen) atoms. The fourth-order valence-corrected chi connectivity index (χ4v) is 2.62. The van der Waals surface area contributed by atoms with Crippen LogP contribution in [0.25, 0.3) is 5.65 Å². The molecule has 0 spiro atoms. The van der Waals surface area contributed by atoms with Gasteiger partial charge in [0.25, 0.3) is 0 Å². The van der Waals surface area contributed by atoms with E-state index in [0.717, 1.165) is 6.92 Å². The minimum absolute atomic E-state index is 0.104. The molecule has 2 unspecified atom stereocenters. The van der Waals surface area contributed by atoms with Crippen LogP contribution < -0.4 is 5.32 Å². The van der Waals surface area contributed by atoms with E-state index in [-0.39, 0.29) is 22.5 Å². The zero-order valence-electron chi connectivity index (χ0n) is 14.2. The molecule has 0 saturated heterocycles. The third kappa shape index (κ3) is 3.97. The predicted molar refractivity (Wildman–Crippen MR) is 90.4 cm³/mol. The van der Waals surface area contributed by atoms with E-state index in [9.17, 15) is 13.2 Å². The average Bonchev–Trinajstić information content (AvgIpc) is 2.94. The van der Waals surface area contributed by atoms with Crippen LogP contribution in [-0.4, -0.2) is 40.1 Å². The summed E-state index contributed by atoms with van der Waals surface area (Å²) in [6.07, 6.45) is -0.930. The fourth-order valence-electron chi connectivity index (χ4n) is 2.26. The van der Waals surface area contributed by atoms with Gasteiger partial charge < -0.3 is 10.2 Å². The molecule has 6 nitrogen and oxygen atoms in total. The Morgan fingerprint density at radius 3 is 2.68 bits per heavy atom. The average molecular weight is 378 g/mol. The molecule has 0 aromatic carbocycles.